The number of hydrogen-bond donors (Lipinski definition) is 0. The molecule has 4 rings (SSSR count). The van der Waals surface area contributed by atoms with Crippen molar-refractivity contribution in [1.82, 2.24) is 25.1 Å². The van der Waals surface area contributed by atoms with Crippen LogP contribution in [-0.4, -0.2) is 51.8 Å². The third-order valence-electron chi connectivity index (χ3n) is 5.02. The Morgan fingerprint density at radius 2 is 2.04 bits per heavy atom. The zero-order valence-corrected chi connectivity index (χ0v) is 15.8. The zero-order valence-electron chi connectivity index (χ0n) is 15.8. The minimum absolute atomic E-state index is 0.0257. The van der Waals surface area contributed by atoms with Crippen LogP contribution >= 0.6 is 0 Å². The Hall–Kier alpha value is -3.42. The number of methoxy groups -OCH3 is 2. The lowest BCUT2D eigenvalue weighted by atomic mass is 10.0. The third-order valence-corrected chi connectivity index (χ3v) is 5.02. The van der Waals surface area contributed by atoms with E-state index >= 15 is 0 Å². The maximum Gasteiger partial charge on any atom is 0.254 e. The Morgan fingerprint density at radius 3 is 2.79 bits per heavy atom. The molecule has 1 aliphatic rings. The molecule has 8 nitrogen and oxygen atoms in total. The molecule has 28 heavy (non-hydrogen) atoms. The number of benzene rings is 2. The third kappa shape index (κ3) is 3.28. The van der Waals surface area contributed by atoms with Crippen molar-refractivity contribution in [1.29, 1.82) is 0 Å². The molecule has 2 aromatic carbocycles. The molecule has 2 heterocycles. The first-order chi connectivity index (χ1) is 13.7. The second-order valence-corrected chi connectivity index (χ2v) is 6.57. The summed E-state index contributed by atoms with van der Waals surface area (Å²) in [4.78, 5) is 15.2. The van der Waals surface area contributed by atoms with Crippen molar-refractivity contribution < 1.29 is 14.3 Å². The molecule has 144 valence electrons. The van der Waals surface area contributed by atoms with Crippen LogP contribution in [0.3, 0.4) is 0 Å². The van der Waals surface area contributed by atoms with Gasteiger partial charge in [0.05, 0.1) is 25.9 Å². The summed E-state index contributed by atoms with van der Waals surface area (Å²) in [6.07, 6.45) is 3.31. The molecule has 1 saturated heterocycles. The normalized spacial score (nSPS) is 16.2. The van der Waals surface area contributed by atoms with Gasteiger partial charge in [0.1, 0.15) is 17.8 Å². The van der Waals surface area contributed by atoms with Gasteiger partial charge in [0.2, 0.25) is 0 Å². The second-order valence-electron chi connectivity index (χ2n) is 6.57. The first-order valence-electron chi connectivity index (χ1n) is 9.07. The van der Waals surface area contributed by atoms with E-state index in [4.69, 9.17) is 9.47 Å². The van der Waals surface area contributed by atoms with E-state index in [0.717, 1.165) is 35.6 Å². The van der Waals surface area contributed by atoms with E-state index in [0.29, 0.717) is 12.1 Å². The largest absolute Gasteiger partial charge is 0.497 e. The van der Waals surface area contributed by atoms with Crippen LogP contribution in [0.25, 0.3) is 5.69 Å². The highest BCUT2D eigenvalue weighted by molar-refractivity contribution is 5.95. The predicted octanol–water partition coefficient (Wildman–Crippen LogP) is 2.66. The molecule has 0 saturated carbocycles. The van der Waals surface area contributed by atoms with Crippen LogP contribution in [0.15, 0.2) is 48.8 Å². The summed E-state index contributed by atoms with van der Waals surface area (Å²) in [5, 5.41) is 11.2. The molecule has 0 radical (unpaired) electrons. The number of carbonyl (C=O) groups is 1. The highest BCUT2D eigenvalue weighted by Crippen LogP contribution is 2.39. The lowest BCUT2D eigenvalue weighted by Gasteiger charge is -2.27. The summed E-state index contributed by atoms with van der Waals surface area (Å²) < 4.78 is 12.4. The van der Waals surface area contributed by atoms with Gasteiger partial charge in [-0.15, -0.1) is 5.10 Å². The summed E-state index contributed by atoms with van der Waals surface area (Å²) in [6, 6.07) is 12.9. The summed E-state index contributed by atoms with van der Waals surface area (Å²) in [6.45, 7) is 0.693. The summed E-state index contributed by atoms with van der Waals surface area (Å²) >= 11 is 0. The molecule has 8 heteroatoms. The fourth-order valence-electron chi connectivity index (χ4n) is 3.66. The minimum atomic E-state index is -0.0609. The molecule has 3 aromatic rings. The van der Waals surface area contributed by atoms with Crippen LogP contribution in [-0.2, 0) is 0 Å². The zero-order chi connectivity index (χ0) is 19.5. The standard InChI is InChI=1S/C20H21N5O3/c1-27-16-8-9-19(28-2)17(12-16)18-7-4-10-24(18)20(26)14-5-3-6-15(11-14)25-13-21-22-23-25/h3,5-6,8-9,11-13,18H,4,7,10H2,1-2H3/t18-/m1/s1. The Morgan fingerprint density at radius 1 is 1.14 bits per heavy atom. The number of amides is 1. The van der Waals surface area contributed by atoms with Crippen molar-refractivity contribution in [2.75, 3.05) is 20.8 Å². The second kappa shape index (κ2) is 7.67. The number of aromatic nitrogens is 4. The maximum absolute atomic E-state index is 13.3. The SMILES string of the molecule is COc1ccc(OC)c([C@H]2CCCN2C(=O)c2cccc(-n3cnnn3)c2)c1. The van der Waals surface area contributed by atoms with E-state index in [9.17, 15) is 4.79 Å². The number of rotatable bonds is 5. The topological polar surface area (TPSA) is 82.4 Å². The van der Waals surface area contributed by atoms with E-state index in [1.165, 1.54) is 11.0 Å². The number of tetrazole rings is 1. The van der Waals surface area contributed by atoms with Gasteiger partial charge in [-0.05, 0) is 59.7 Å². The molecular weight excluding hydrogens is 358 g/mol. The quantitative estimate of drug-likeness (QED) is 0.678. The Balaban J connectivity index is 1.66. The van der Waals surface area contributed by atoms with Gasteiger partial charge in [-0.2, -0.15) is 0 Å². The summed E-state index contributed by atoms with van der Waals surface area (Å²) in [5.41, 5.74) is 2.30. The van der Waals surface area contributed by atoms with Crippen LogP contribution < -0.4 is 9.47 Å². The molecule has 0 aliphatic carbocycles. The fourth-order valence-corrected chi connectivity index (χ4v) is 3.66. The number of likely N-dealkylation sites (tertiary alicyclic amines) is 1. The monoisotopic (exact) mass is 379 g/mol. The van der Waals surface area contributed by atoms with E-state index in [1.807, 2.05) is 41.3 Å². The Labute approximate surface area is 162 Å². The predicted molar refractivity (Wildman–Crippen MR) is 102 cm³/mol. The van der Waals surface area contributed by atoms with Gasteiger partial charge in [-0.3, -0.25) is 4.79 Å². The molecule has 1 aromatic heterocycles. The lowest BCUT2D eigenvalue weighted by Crippen LogP contribution is -2.30. The molecule has 1 aliphatic heterocycles. The van der Waals surface area contributed by atoms with Crippen LogP contribution in [0.5, 0.6) is 11.5 Å². The van der Waals surface area contributed by atoms with Crippen molar-refractivity contribution in [2.24, 2.45) is 0 Å². The van der Waals surface area contributed by atoms with Gasteiger partial charge >= 0.3 is 0 Å². The Kier molecular flexibility index (Phi) is 4.92. The average molecular weight is 379 g/mol. The van der Waals surface area contributed by atoms with Gasteiger partial charge in [-0.1, -0.05) is 6.07 Å². The van der Waals surface area contributed by atoms with Gasteiger partial charge in [0.25, 0.3) is 5.91 Å². The van der Waals surface area contributed by atoms with Gasteiger partial charge in [-0.25, -0.2) is 4.68 Å². The van der Waals surface area contributed by atoms with E-state index in [1.54, 1.807) is 20.3 Å². The molecule has 0 unspecified atom stereocenters. The summed E-state index contributed by atoms with van der Waals surface area (Å²) in [5.74, 6) is 1.48. The molecule has 1 amide bonds. The molecule has 0 bridgehead atoms. The highest BCUT2D eigenvalue weighted by Gasteiger charge is 2.32. The van der Waals surface area contributed by atoms with E-state index in [2.05, 4.69) is 15.5 Å². The molecule has 0 spiro atoms. The maximum atomic E-state index is 13.3. The van der Waals surface area contributed by atoms with Crippen LogP contribution in [0, 0.1) is 0 Å². The van der Waals surface area contributed by atoms with Crippen molar-refractivity contribution in [3.63, 3.8) is 0 Å². The lowest BCUT2D eigenvalue weighted by molar-refractivity contribution is 0.0734. The van der Waals surface area contributed by atoms with Gasteiger partial charge < -0.3 is 14.4 Å². The van der Waals surface area contributed by atoms with E-state index < -0.39 is 0 Å². The van der Waals surface area contributed by atoms with Crippen molar-refractivity contribution >= 4 is 5.91 Å². The summed E-state index contributed by atoms with van der Waals surface area (Å²) in [7, 11) is 3.27. The average Bonchev–Trinajstić information content (AvgIpc) is 3.45. The van der Waals surface area contributed by atoms with Crippen LogP contribution in [0.1, 0.15) is 34.8 Å². The van der Waals surface area contributed by atoms with E-state index in [-0.39, 0.29) is 11.9 Å². The molecule has 0 N–H and O–H groups in total. The molecule has 1 fully saturated rings. The Bertz CT molecular complexity index is 974. The van der Waals surface area contributed by atoms with Crippen molar-refractivity contribution in [3.8, 4) is 17.2 Å². The molecule has 1 atom stereocenters. The highest BCUT2D eigenvalue weighted by atomic mass is 16.5. The number of nitrogens with zero attached hydrogens (tertiary/aromatic N) is 5. The smallest absolute Gasteiger partial charge is 0.254 e. The van der Waals surface area contributed by atoms with Crippen molar-refractivity contribution in [2.45, 2.75) is 18.9 Å². The first-order valence-corrected chi connectivity index (χ1v) is 9.07. The van der Waals surface area contributed by atoms with Gasteiger partial charge in [0, 0.05) is 17.7 Å². The van der Waals surface area contributed by atoms with Crippen molar-refractivity contribution in [3.05, 3.63) is 59.9 Å². The first kappa shape index (κ1) is 18.0. The van der Waals surface area contributed by atoms with Gasteiger partial charge in [0.15, 0.2) is 0 Å². The number of carbonyl (C=O) groups excluding carboxylic acids is 1. The molecular formula is C20H21N5O3. The fraction of sp³-hybridized carbons (Fsp3) is 0.300. The van der Waals surface area contributed by atoms with Crippen LogP contribution in [0.4, 0.5) is 0 Å². The number of ether oxygens (including phenoxy) is 2. The number of hydrogen-bond acceptors (Lipinski definition) is 6. The van der Waals surface area contributed by atoms with Crippen LogP contribution in [0.2, 0.25) is 0 Å². The minimum Gasteiger partial charge on any atom is -0.497 e.